The van der Waals surface area contributed by atoms with Crippen molar-refractivity contribution < 1.29 is 17.1 Å². The average Bonchev–Trinajstić information content (AvgIpc) is 2.69. The van der Waals surface area contributed by atoms with Crippen LogP contribution < -0.4 is 10.6 Å². The van der Waals surface area contributed by atoms with Gasteiger partial charge in [-0.15, -0.1) is 3.89 Å². The molecule has 0 aliphatic carbocycles. The van der Waals surface area contributed by atoms with E-state index >= 15 is 0 Å². The van der Waals surface area contributed by atoms with Crippen molar-refractivity contribution >= 4 is 21.8 Å². The summed E-state index contributed by atoms with van der Waals surface area (Å²) in [6.07, 6.45) is 0.824. The first-order valence-electron chi connectivity index (χ1n) is 6.41. The average molecular weight is 300 g/mol. The van der Waals surface area contributed by atoms with E-state index in [1.807, 2.05) is 12.1 Å². The molecular weight excluding hydrogens is 283 g/mol. The second kappa shape index (κ2) is 5.88. The fourth-order valence-electron chi connectivity index (χ4n) is 2.43. The van der Waals surface area contributed by atoms with Gasteiger partial charge in [0.25, 0.3) is 0 Å². The third kappa shape index (κ3) is 3.77. The van der Waals surface area contributed by atoms with Crippen molar-refractivity contribution in [1.29, 1.82) is 0 Å². The standard InChI is InChI=1S/C13H17FN2O3S/c14-20(18,19)9-11-7-13(17)16(8-11)12-3-1-10(2-4-12)5-6-15/h1-4,11H,5-9,15H2. The van der Waals surface area contributed by atoms with Crippen LogP contribution in [0.1, 0.15) is 12.0 Å². The first-order chi connectivity index (χ1) is 9.39. The molecule has 1 aliphatic rings. The monoisotopic (exact) mass is 300 g/mol. The van der Waals surface area contributed by atoms with Crippen LogP contribution >= 0.6 is 0 Å². The number of nitrogens with two attached hydrogens (primary N) is 1. The predicted octanol–water partition coefficient (Wildman–Crippen LogP) is 0.840. The Bertz CT molecular complexity index is 586. The van der Waals surface area contributed by atoms with Gasteiger partial charge < -0.3 is 10.6 Å². The minimum atomic E-state index is -4.54. The number of hydrogen-bond donors (Lipinski definition) is 1. The molecule has 0 radical (unpaired) electrons. The quantitative estimate of drug-likeness (QED) is 0.817. The lowest BCUT2D eigenvalue weighted by molar-refractivity contribution is -0.117. The highest BCUT2D eigenvalue weighted by molar-refractivity contribution is 7.86. The fraction of sp³-hybridized carbons (Fsp3) is 0.462. The Hall–Kier alpha value is -1.47. The van der Waals surface area contributed by atoms with Crippen LogP contribution in [-0.4, -0.2) is 33.2 Å². The topological polar surface area (TPSA) is 80.5 Å². The second-order valence-corrected chi connectivity index (χ2v) is 6.40. The zero-order valence-corrected chi connectivity index (χ0v) is 11.8. The molecule has 1 aromatic rings. The van der Waals surface area contributed by atoms with Crippen LogP contribution in [-0.2, 0) is 21.4 Å². The second-order valence-electron chi connectivity index (χ2n) is 4.99. The minimum Gasteiger partial charge on any atom is -0.330 e. The van der Waals surface area contributed by atoms with Crippen molar-refractivity contribution in [3.05, 3.63) is 29.8 Å². The molecule has 1 unspecified atom stereocenters. The van der Waals surface area contributed by atoms with Gasteiger partial charge in [-0.1, -0.05) is 12.1 Å². The smallest absolute Gasteiger partial charge is 0.302 e. The normalized spacial score (nSPS) is 19.6. The molecule has 0 aromatic heterocycles. The molecule has 1 amide bonds. The van der Waals surface area contributed by atoms with E-state index in [0.29, 0.717) is 12.2 Å². The highest BCUT2D eigenvalue weighted by Crippen LogP contribution is 2.26. The minimum absolute atomic E-state index is 0.0632. The Morgan fingerprint density at radius 3 is 2.50 bits per heavy atom. The van der Waals surface area contributed by atoms with Crippen molar-refractivity contribution in [3.8, 4) is 0 Å². The molecule has 2 rings (SSSR count). The van der Waals surface area contributed by atoms with Gasteiger partial charge in [-0.05, 0) is 30.7 Å². The van der Waals surface area contributed by atoms with Gasteiger partial charge in [0.15, 0.2) is 0 Å². The maximum absolute atomic E-state index is 12.7. The molecule has 1 saturated heterocycles. The Labute approximate surface area is 117 Å². The van der Waals surface area contributed by atoms with Crippen molar-refractivity contribution in [2.24, 2.45) is 11.7 Å². The summed E-state index contributed by atoms with van der Waals surface area (Å²) < 4.78 is 34.0. The Kier molecular flexibility index (Phi) is 4.39. The summed E-state index contributed by atoms with van der Waals surface area (Å²) >= 11 is 0. The molecule has 7 heteroatoms. The van der Waals surface area contributed by atoms with Crippen LogP contribution in [0.15, 0.2) is 24.3 Å². The van der Waals surface area contributed by atoms with Gasteiger partial charge in [0.2, 0.25) is 5.91 Å². The lowest BCUT2D eigenvalue weighted by atomic mass is 10.1. The summed E-state index contributed by atoms with van der Waals surface area (Å²) in [4.78, 5) is 13.4. The zero-order chi connectivity index (χ0) is 14.8. The number of hydrogen-bond acceptors (Lipinski definition) is 4. The molecule has 5 nitrogen and oxygen atoms in total. The van der Waals surface area contributed by atoms with E-state index in [0.717, 1.165) is 12.0 Å². The summed E-state index contributed by atoms with van der Waals surface area (Å²) in [7, 11) is -4.54. The van der Waals surface area contributed by atoms with Crippen LogP contribution in [0, 0.1) is 5.92 Å². The van der Waals surface area contributed by atoms with E-state index in [1.54, 1.807) is 12.1 Å². The largest absolute Gasteiger partial charge is 0.330 e. The third-order valence-electron chi connectivity index (χ3n) is 3.32. The fourth-order valence-corrected chi connectivity index (χ4v) is 3.22. The molecular formula is C13H17FN2O3S. The number of benzene rings is 1. The van der Waals surface area contributed by atoms with E-state index in [9.17, 15) is 17.1 Å². The summed E-state index contributed by atoms with van der Waals surface area (Å²) in [6.45, 7) is 0.788. The van der Waals surface area contributed by atoms with Crippen LogP contribution in [0.4, 0.5) is 9.57 Å². The van der Waals surface area contributed by atoms with Gasteiger partial charge in [-0.3, -0.25) is 4.79 Å². The van der Waals surface area contributed by atoms with E-state index in [-0.39, 0.29) is 18.9 Å². The number of anilines is 1. The van der Waals surface area contributed by atoms with Gasteiger partial charge in [-0.2, -0.15) is 8.42 Å². The maximum Gasteiger partial charge on any atom is 0.302 e. The molecule has 110 valence electrons. The molecule has 0 spiro atoms. The Balaban J connectivity index is 2.07. The van der Waals surface area contributed by atoms with Gasteiger partial charge in [0, 0.05) is 24.6 Å². The Morgan fingerprint density at radius 2 is 1.95 bits per heavy atom. The van der Waals surface area contributed by atoms with E-state index in [4.69, 9.17) is 5.73 Å². The van der Waals surface area contributed by atoms with E-state index < -0.39 is 21.9 Å². The van der Waals surface area contributed by atoms with Crippen molar-refractivity contribution in [2.75, 3.05) is 23.7 Å². The maximum atomic E-state index is 12.7. The predicted molar refractivity (Wildman–Crippen MR) is 74.6 cm³/mol. The van der Waals surface area contributed by atoms with Crippen LogP contribution in [0.5, 0.6) is 0 Å². The van der Waals surface area contributed by atoms with Gasteiger partial charge in [0.1, 0.15) is 0 Å². The molecule has 1 fully saturated rings. The molecule has 2 N–H and O–H groups in total. The van der Waals surface area contributed by atoms with Crippen LogP contribution in [0.2, 0.25) is 0 Å². The number of rotatable bonds is 5. The summed E-state index contributed by atoms with van der Waals surface area (Å²) in [6, 6.07) is 7.37. The highest BCUT2D eigenvalue weighted by Gasteiger charge is 2.33. The van der Waals surface area contributed by atoms with Gasteiger partial charge in [-0.25, -0.2) is 0 Å². The summed E-state index contributed by atoms with van der Waals surface area (Å²) in [5, 5.41) is 0. The SMILES string of the molecule is NCCc1ccc(N2CC(CS(=O)(=O)F)CC2=O)cc1. The van der Waals surface area contributed by atoms with Crippen LogP contribution in [0.3, 0.4) is 0 Å². The number of amides is 1. The van der Waals surface area contributed by atoms with Crippen LogP contribution in [0.25, 0.3) is 0 Å². The van der Waals surface area contributed by atoms with Gasteiger partial charge >= 0.3 is 10.2 Å². The molecule has 1 heterocycles. The lowest BCUT2D eigenvalue weighted by Crippen LogP contribution is -2.25. The molecule has 0 bridgehead atoms. The molecule has 1 aromatic carbocycles. The zero-order valence-electron chi connectivity index (χ0n) is 11.0. The van der Waals surface area contributed by atoms with Gasteiger partial charge in [0.05, 0.1) is 5.75 Å². The van der Waals surface area contributed by atoms with Crippen molar-refractivity contribution in [3.63, 3.8) is 0 Å². The summed E-state index contributed by atoms with van der Waals surface area (Å²) in [5.74, 6) is -1.26. The first kappa shape index (κ1) is 14.9. The summed E-state index contributed by atoms with van der Waals surface area (Å²) in [5.41, 5.74) is 7.24. The molecule has 1 aliphatic heterocycles. The number of carbonyl (C=O) groups is 1. The Morgan fingerprint density at radius 1 is 1.30 bits per heavy atom. The van der Waals surface area contributed by atoms with Crippen molar-refractivity contribution in [1.82, 2.24) is 0 Å². The molecule has 20 heavy (non-hydrogen) atoms. The lowest BCUT2D eigenvalue weighted by Gasteiger charge is -2.17. The first-order valence-corrected chi connectivity index (χ1v) is 7.96. The van der Waals surface area contributed by atoms with E-state index in [2.05, 4.69) is 0 Å². The van der Waals surface area contributed by atoms with Crippen molar-refractivity contribution in [2.45, 2.75) is 12.8 Å². The number of nitrogens with zero attached hydrogens (tertiary/aromatic N) is 1. The molecule has 1 atom stereocenters. The molecule has 0 saturated carbocycles. The number of halogens is 1. The highest BCUT2D eigenvalue weighted by atomic mass is 32.3. The van der Waals surface area contributed by atoms with E-state index in [1.165, 1.54) is 4.90 Å². The third-order valence-corrected chi connectivity index (χ3v) is 4.19. The number of carbonyl (C=O) groups excluding carboxylic acids is 1.